The fourth-order valence-electron chi connectivity index (χ4n) is 4.51. The summed E-state index contributed by atoms with van der Waals surface area (Å²) in [6.45, 7) is 9.95. The summed E-state index contributed by atoms with van der Waals surface area (Å²) in [5.74, 6) is -0.450. The summed E-state index contributed by atoms with van der Waals surface area (Å²) in [4.78, 5) is 49.3. The predicted octanol–water partition coefficient (Wildman–Crippen LogP) is 5.91. The van der Waals surface area contributed by atoms with Crippen molar-refractivity contribution in [2.24, 2.45) is 4.99 Å². The zero-order valence-electron chi connectivity index (χ0n) is 30.0. The normalized spacial score (nSPS) is 15.1. The molecule has 2 aromatic rings. The molecule has 1 aliphatic heterocycles. The molecule has 0 radical (unpaired) electrons. The van der Waals surface area contributed by atoms with Crippen molar-refractivity contribution in [3.05, 3.63) is 60.7 Å². The molecule has 51 heavy (non-hydrogen) atoms. The van der Waals surface area contributed by atoms with E-state index in [1.54, 1.807) is 72.5 Å². The summed E-state index contributed by atoms with van der Waals surface area (Å²) < 4.78 is 86.8. The van der Waals surface area contributed by atoms with Gasteiger partial charge in [0.2, 0.25) is 0 Å². The molecule has 1 heterocycles. The first-order valence-electron chi connectivity index (χ1n) is 15.3. The fourth-order valence-corrected chi connectivity index (χ4v) is 11.2. The van der Waals surface area contributed by atoms with E-state index in [1.807, 2.05) is 0 Å². The number of alkyl halides is 3. The fraction of sp³-hybridized carbons (Fsp3) is 0.500. The second kappa shape index (κ2) is 15.8. The third-order valence-electron chi connectivity index (χ3n) is 6.56. The number of rotatable bonds is 8. The first-order valence-corrected chi connectivity index (χ1v) is 19.7. The topological polar surface area (TPSA) is 148 Å². The van der Waals surface area contributed by atoms with Crippen LogP contribution in [0.1, 0.15) is 57.5 Å². The molecule has 0 saturated carbocycles. The quantitative estimate of drug-likeness (QED) is 0.103. The van der Waals surface area contributed by atoms with Crippen LogP contribution < -0.4 is 4.74 Å². The molecule has 0 bridgehead atoms. The average molecular weight is 858 g/mol. The molecule has 1 saturated heterocycles. The number of esters is 1. The Bertz CT molecular complexity index is 1730. The van der Waals surface area contributed by atoms with Crippen molar-refractivity contribution < 1.29 is 52.7 Å². The third kappa shape index (κ3) is 11.3. The SMILES string of the molecule is COc1ccc(I(OS(=O)(=O)C(F)(F)F)c2ccc(CN(C)C(=NC(=O)OC(C)(C)C)N3CN(C)C(=O)N(C)C3)cc2C(=O)OC(C)(C)C)cc1. The Labute approximate surface area is 303 Å². The molecule has 1 aliphatic rings. The number of guanidine groups is 1. The van der Waals surface area contributed by atoms with Crippen molar-refractivity contribution in [1.82, 2.24) is 19.6 Å². The molecule has 0 spiro atoms. The number of amides is 3. The molecule has 2 aromatic carbocycles. The van der Waals surface area contributed by atoms with Crippen molar-refractivity contribution in [3.63, 3.8) is 0 Å². The van der Waals surface area contributed by atoms with Gasteiger partial charge in [-0.05, 0) is 0 Å². The zero-order chi connectivity index (χ0) is 38.7. The molecule has 284 valence electrons. The minimum atomic E-state index is -6.10. The Balaban J connectivity index is 2.17. The summed E-state index contributed by atoms with van der Waals surface area (Å²) in [5, 5.41) is 0. The number of nitrogens with zero attached hydrogens (tertiary/aromatic N) is 5. The van der Waals surface area contributed by atoms with Crippen LogP contribution in [0.15, 0.2) is 47.5 Å². The Morgan fingerprint density at radius 1 is 0.922 bits per heavy atom. The van der Waals surface area contributed by atoms with Gasteiger partial charge in [0, 0.05) is 0 Å². The molecule has 3 amide bonds. The van der Waals surface area contributed by atoms with Gasteiger partial charge >= 0.3 is 305 Å². The number of halogens is 4. The molecule has 14 nitrogen and oxygen atoms in total. The van der Waals surface area contributed by atoms with Gasteiger partial charge in [-0.3, -0.25) is 0 Å². The number of hydrogen-bond donors (Lipinski definition) is 0. The zero-order valence-corrected chi connectivity index (χ0v) is 33.0. The van der Waals surface area contributed by atoms with Crippen LogP contribution in [0.5, 0.6) is 5.75 Å². The van der Waals surface area contributed by atoms with Crippen LogP contribution in [-0.4, -0.2) is 110 Å². The minimum absolute atomic E-state index is 0.0198. The van der Waals surface area contributed by atoms with E-state index < -0.39 is 59.1 Å². The van der Waals surface area contributed by atoms with Crippen molar-refractivity contribution in [3.8, 4) is 5.75 Å². The molecule has 0 unspecified atom stereocenters. The monoisotopic (exact) mass is 857 g/mol. The van der Waals surface area contributed by atoms with E-state index in [-0.39, 0.29) is 44.6 Å². The van der Waals surface area contributed by atoms with Gasteiger partial charge in [-0.15, -0.1) is 0 Å². The maximum atomic E-state index is 13.7. The van der Waals surface area contributed by atoms with Crippen molar-refractivity contribution >= 4 is 54.4 Å². The summed E-state index contributed by atoms with van der Waals surface area (Å²) in [7, 11) is 0.0492. The van der Waals surface area contributed by atoms with Crippen LogP contribution in [0, 0.1) is 7.14 Å². The molecular weight excluding hydrogens is 814 g/mol. The summed E-state index contributed by atoms with van der Waals surface area (Å²) in [6, 6.07) is 9.60. The second-order valence-electron chi connectivity index (χ2n) is 13.4. The van der Waals surface area contributed by atoms with Crippen LogP contribution in [-0.2, 0) is 28.6 Å². The second-order valence-corrected chi connectivity index (χ2v) is 19.8. The number of aliphatic imine (C=N–C) groups is 1. The number of ether oxygens (including phenoxy) is 3. The molecular formula is C32H43F3IN5O9S. The Morgan fingerprint density at radius 3 is 1.96 bits per heavy atom. The maximum absolute atomic E-state index is 13.7. The number of carbonyl (C=O) groups is 3. The van der Waals surface area contributed by atoms with Gasteiger partial charge in [-0.2, -0.15) is 0 Å². The van der Waals surface area contributed by atoms with E-state index >= 15 is 0 Å². The van der Waals surface area contributed by atoms with Crippen LogP contribution in [0.25, 0.3) is 0 Å². The number of carbonyl (C=O) groups excluding carboxylic acids is 3. The first kappa shape index (κ1) is 41.6. The summed E-state index contributed by atoms with van der Waals surface area (Å²) in [6.07, 6.45) is -0.895. The van der Waals surface area contributed by atoms with E-state index in [2.05, 4.69) is 4.99 Å². The molecule has 0 atom stereocenters. The van der Waals surface area contributed by atoms with Gasteiger partial charge in [-0.1, -0.05) is 0 Å². The molecule has 1 fully saturated rings. The van der Waals surface area contributed by atoms with Crippen LogP contribution >= 0.6 is 20.2 Å². The van der Waals surface area contributed by atoms with Gasteiger partial charge in [0.1, 0.15) is 0 Å². The van der Waals surface area contributed by atoms with E-state index in [9.17, 15) is 36.0 Å². The van der Waals surface area contributed by atoms with Gasteiger partial charge in [0.05, 0.1) is 0 Å². The van der Waals surface area contributed by atoms with Gasteiger partial charge in [-0.25, -0.2) is 0 Å². The summed E-state index contributed by atoms with van der Waals surface area (Å²) in [5.41, 5.74) is -7.41. The van der Waals surface area contributed by atoms with Crippen molar-refractivity contribution in [1.29, 1.82) is 0 Å². The molecule has 3 rings (SSSR count). The Morgan fingerprint density at radius 2 is 1.47 bits per heavy atom. The van der Waals surface area contributed by atoms with Crippen molar-refractivity contribution in [2.75, 3.05) is 41.6 Å². The molecule has 0 aromatic heterocycles. The van der Waals surface area contributed by atoms with Crippen LogP contribution in [0.3, 0.4) is 0 Å². The van der Waals surface area contributed by atoms with Crippen molar-refractivity contribution in [2.45, 2.75) is 64.8 Å². The van der Waals surface area contributed by atoms with Gasteiger partial charge < -0.3 is 0 Å². The predicted molar refractivity (Wildman–Crippen MR) is 190 cm³/mol. The number of methoxy groups -OCH3 is 1. The Hall–Kier alpha value is -3.85. The summed E-state index contributed by atoms with van der Waals surface area (Å²) >= 11 is -4.09. The van der Waals surface area contributed by atoms with E-state index in [4.69, 9.17) is 16.7 Å². The van der Waals surface area contributed by atoms with E-state index in [0.717, 1.165) is 0 Å². The van der Waals surface area contributed by atoms with Crippen LogP contribution in [0.2, 0.25) is 0 Å². The van der Waals surface area contributed by atoms with E-state index in [0.29, 0.717) is 11.3 Å². The molecule has 19 heteroatoms. The van der Waals surface area contributed by atoms with E-state index in [1.165, 1.54) is 59.4 Å². The van der Waals surface area contributed by atoms with Gasteiger partial charge in [0.15, 0.2) is 0 Å². The number of urea groups is 1. The Kier molecular flexibility index (Phi) is 12.9. The molecule has 0 aliphatic carbocycles. The average Bonchev–Trinajstić information content (AvgIpc) is 2.99. The number of benzene rings is 2. The van der Waals surface area contributed by atoms with Crippen LogP contribution in [0.4, 0.5) is 22.8 Å². The van der Waals surface area contributed by atoms with Gasteiger partial charge in [0.25, 0.3) is 0 Å². The first-order chi connectivity index (χ1) is 23.3. The standard InChI is InChI=1S/C32H43F3IN5O9S/c1-30(2,3)48-26(42)24-17-21(11-16-25(24)36(50-51(45,46)32(33,34)35)22-12-14-23(47-10)15-13-22)18-38(7)27(37-28(43)49-31(4,5)6)41-19-39(8)29(44)40(9)20-41/h11-17H,18-20H2,1-10H3. The third-order valence-corrected chi connectivity index (χ3v) is 13.8. The number of hydrogen-bond acceptors (Lipinski definition) is 9. The molecule has 0 N–H and O–H groups in total.